The third-order valence-corrected chi connectivity index (χ3v) is 9.12. The van der Waals surface area contributed by atoms with Crippen molar-refractivity contribution in [1.82, 2.24) is 40.0 Å². The van der Waals surface area contributed by atoms with Gasteiger partial charge in [0.1, 0.15) is 5.69 Å². The molecule has 6 rings (SSSR count). The number of halogens is 5. The largest absolute Gasteiger partial charge is 0.393 e. The number of fused-ring (bicyclic) bond motifs is 1. The lowest BCUT2D eigenvalue weighted by atomic mass is 9.80. The Kier molecular flexibility index (Phi) is 8.52. The SMILES string of the molecule is CCn1nccc1C(=O)N[C@H](c1cn2nc(C[C@H]3C[C@@H](C(F)(F)F)CNC3=O)c(C3CCOC3)nc2n1)[C@@H]1CCCC(F)(F)C1. The Bertz CT molecular complexity index is 1550. The van der Waals surface area contributed by atoms with E-state index >= 15 is 0 Å². The van der Waals surface area contributed by atoms with E-state index in [1.54, 1.807) is 6.07 Å². The van der Waals surface area contributed by atoms with Crippen LogP contribution in [0.3, 0.4) is 0 Å². The second-order valence-corrected chi connectivity index (χ2v) is 12.2. The summed E-state index contributed by atoms with van der Waals surface area (Å²) >= 11 is 0. The number of aryl methyl sites for hydroxylation is 1. The summed E-state index contributed by atoms with van der Waals surface area (Å²) in [4.78, 5) is 35.4. The normalized spacial score (nSPS) is 26.1. The van der Waals surface area contributed by atoms with Gasteiger partial charge in [0, 0.05) is 57.0 Å². The molecule has 11 nitrogen and oxygen atoms in total. The van der Waals surface area contributed by atoms with Gasteiger partial charge in [-0.25, -0.2) is 23.3 Å². The zero-order valence-electron chi connectivity index (χ0n) is 24.7. The van der Waals surface area contributed by atoms with Crippen molar-refractivity contribution in [2.24, 2.45) is 17.8 Å². The molecule has 0 aromatic carbocycles. The smallest absolute Gasteiger partial charge is 0.381 e. The number of rotatable bonds is 8. The van der Waals surface area contributed by atoms with E-state index in [1.807, 2.05) is 6.92 Å². The lowest BCUT2D eigenvalue weighted by Crippen LogP contribution is -2.47. The molecule has 1 aliphatic carbocycles. The highest BCUT2D eigenvalue weighted by Crippen LogP contribution is 2.42. The molecular formula is C29H35F5N8O3. The van der Waals surface area contributed by atoms with Gasteiger partial charge in [-0.3, -0.25) is 14.3 Å². The molecule has 1 unspecified atom stereocenters. The number of ether oxygens (including phenoxy) is 1. The van der Waals surface area contributed by atoms with E-state index in [9.17, 15) is 31.5 Å². The van der Waals surface area contributed by atoms with Gasteiger partial charge in [-0.15, -0.1) is 0 Å². The average molecular weight is 639 g/mol. The topological polar surface area (TPSA) is 128 Å². The molecule has 0 spiro atoms. The maximum absolute atomic E-state index is 14.6. The summed E-state index contributed by atoms with van der Waals surface area (Å²) in [5, 5.41) is 14.1. The number of carbonyl (C=O) groups excluding carboxylic acids is 2. The minimum Gasteiger partial charge on any atom is -0.381 e. The van der Waals surface area contributed by atoms with Crippen LogP contribution in [0.15, 0.2) is 18.5 Å². The second kappa shape index (κ2) is 12.2. The van der Waals surface area contributed by atoms with Crippen molar-refractivity contribution in [3.8, 4) is 0 Å². The summed E-state index contributed by atoms with van der Waals surface area (Å²) in [6.45, 7) is 2.59. The lowest BCUT2D eigenvalue weighted by molar-refractivity contribution is -0.183. The van der Waals surface area contributed by atoms with Gasteiger partial charge in [0.05, 0.1) is 41.8 Å². The van der Waals surface area contributed by atoms with Crippen molar-refractivity contribution in [1.29, 1.82) is 0 Å². The summed E-state index contributed by atoms with van der Waals surface area (Å²) < 4.78 is 78.2. The van der Waals surface area contributed by atoms with Gasteiger partial charge in [-0.1, -0.05) is 0 Å². The van der Waals surface area contributed by atoms with E-state index in [-0.39, 0.29) is 48.8 Å². The third kappa shape index (κ3) is 6.65. The zero-order valence-corrected chi connectivity index (χ0v) is 24.7. The van der Waals surface area contributed by atoms with Gasteiger partial charge in [0.15, 0.2) is 0 Å². The number of carbonyl (C=O) groups is 2. The Morgan fingerprint density at radius 3 is 2.80 bits per heavy atom. The van der Waals surface area contributed by atoms with Gasteiger partial charge in [0.2, 0.25) is 11.8 Å². The highest BCUT2D eigenvalue weighted by atomic mass is 19.4. The van der Waals surface area contributed by atoms with Gasteiger partial charge < -0.3 is 15.4 Å². The number of imidazole rings is 1. The van der Waals surface area contributed by atoms with Crippen LogP contribution < -0.4 is 10.6 Å². The van der Waals surface area contributed by atoms with E-state index < -0.39 is 60.7 Å². The molecule has 244 valence electrons. The molecular weight excluding hydrogens is 603 g/mol. The monoisotopic (exact) mass is 638 g/mol. The Hall–Kier alpha value is -3.69. The van der Waals surface area contributed by atoms with Crippen LogP contribution in [0.4, 0.5) is 22.0 Å². The highest BCUT2D eigenvalue weighted by molar-refractivity contribution is 5.92. The molecule has 16 heteroatoms. The molecule has 5 heterocycles. The molecule has 3 aromatic heterocycles. The predicted molar refractivity (Wildman–Crippen MR) is 148 cm³/mol. The Morgan fingerprint density at radius 1 is 1.27 bits per heavy atom. The number of aromatic nitrogens is 6. The number of hydrogen-bond donors (Lipinski definition) is 2. The summed E-state index contributed by atoms with van der Waals surface area (Å²) in [6, 6.07) is 0.649. The first-order valence-electron chi connectivity index (χ1n) is 15.3. The van der Waals surface area contributed by atoms with E-state index in [1.165, 1.54) is 21.6 Å². The molecule has 2 amide bonds. The number of hydrogen-bond acceptors (Lipinski definition) is 7. The number of alkyl halides is 5. The third-order valence-electron chi connectivity index (χ3n) is 9.12. The molecule has 2 saturated heterocycles. The summed E-state index contributed by atoms with van der Waals surface area (Å²) in [7, 11) is 0. The summed E-state index contributed by atoms with van der Waals surface area (Å²) in [5.74, 6) is -7.19. The summed E-state index contributed by atoms with van der Waals surface area (Å²) in [5.41, 5.74) is 1.39. The number of amides is 2. The van der Waals surface area contributed by atoms with Gasteiger partial charge >= 0.3 is 6.18 Å². The first kappa shape index (κ1) is 31.3. The van der Waals surface area contributed by atoms with Crippen LogP contribution in [-0.2, 0) is 22.5 Å². The van der Waals surface area contributed by atoms with Crippen LogP contribution in [-0.4, -0.2) is 73.0 Å². The molecule has 2 aliphatic heterocycles. The fourth-order valence-electron chi connectivity index (χ4n) is 6.74. The standard InChI is InChI=1S/C29H35F5N8O3/c1-2-41-22(5-8-36-41)26(44)38-23(16-4-3-7-28(30,31)12-16)21-14-42-27(37-21)39-24(17-6-9-45-15-17)20(40-42)11-18-10-19(29(32,33)34)13-35-25(18)43/h5,8,14,16-19,23H,2-4,6-7,9-13,15H2,1H3,(H,35,43)(H,38,44)/t16-,17?,18-,19-,23+/m1/s1. The van der Waals surface area contributed by atoms with Crippen LogP contribution in [0.1, 0.15) is 85.0 Å². The molecule has 0 bridgehead atoms. The van der Waals surface area contributed by atoms with E-state index in [0.29, 0.717) is 44.0 Å². The zero-order chi connectivity index (χ0) is 31.9. The maximum atomic E-state index is 14.6. The fraction of sp³-hybridized carbons (Fsp3) is 0.655. The van der Waals surface area contributed by atoms with Crippen molar-refractivity contribution in [2.45, 2.75) is 82.5 Å². The van der Waals surface area contributed by atoms with Crippen molar-refractivity contribution < 1.29 is 36.3 Å². The molecule has 45 heavy (non-hydrogen) atoms. The lowest BCUT2D eigenvalue weighted by Gasteiger charge is -2.34. The van der Waals surface area contributed by atoms with Crippen LogP contribution >= 0.6 is 0 Å². The minimum atomic E-state index is -4.45. The fourth-order valence-corrected chi connectivity index (χ4v) is 6.74. The maximum Gasteiger partial charge on any atom is 0.393 e. The molecule has 0 radical (unpaired) electrons. The molecule has 5 atom stereocenters. The van der Waals surface area contributed by atoms with Gasteiger partial charge in [-0.05, 0) is 44.6 Å². The van der Waals surface area contributed by atoms with Crippen LogP contribution in [0.25, 0.3) is 5.78 Å². The van der Waals surface area contributed by atoms with Crippen molar-refractivity contribution >= 4 is 17.6 Å². The van der Waals surface area contributed by atoms with Crippen LogP contribution in [0.5, 0.6) is 0 Å². The van der Waals surface area contributed by atoms with Crippen LogP contribution in [0, 0.1) is 17.8 Å². The number of piperidine rings is 1. The first-order valence-corrected chi connectivity index (χ1v) is 15.3. The van der Waals surface area contributed by atoms with Gasteiger partial charge in [0.25, 0.3) is 11.7 Å². The van der Waals surface area contributed by atoms with E-state index in [2.05, 4.69) is 25.8 Å². The van der Waals surface area contributed by atoms with E-state index in [0.717, 1.165) is 0 Å². The first-order chi connectivity index (χ1) is 21.4. The van der Waals surface area contributed by atoms with E-state index in [4.69, 9.17) is 9.72 Å². The van der Waals surface area contributed by atoms with Crippen molar-refractivity contribution in [2.75, 3.05) is 19.8 Å². The molecule has 3 aliphatic rings. The van der Waals surface area contributed by atoms with Crippen molar-refractivity contribution in [3.05, 3.63) is 41.2 Å². The second-order valence-electron chi connectivity index (χ2n) is 12.2. The molecule has 1 saturated carbocycles. The average Bonchev–Trinajstić information content (AvgIpc) is 3.76. The predicted octanol–water partition coefficient (Wildman–Crippen LogP) is 4.00. The quantitative estimate of drug-likeness (QED) is 0.357. The number of nitrogens with zero attached hydrogens (tertiary/aromatic N) is 6. The highest BCUT2D eigenvalue weighted by Gasteiger charge is 2.45. The Morgan fingerprint density at radius 2 is 2.09 bits per heavy atom. The Labute approximate surface area is 255 Å². The van der Waals surface area contributed by atoms with Gasteiger partial charge in [-0.2, -0.15) is 23.4 Å². The molecule has 2 N–H and O–H groups in total. The Balaban J connectivity index is 1.36. The number of nitrogens with one attached hydrogen (secondary N) is 2. The summed E-state index contributed by atoms with van der Waals surface area (Å²) in [6.07, 6.45) is -1.25. The minimum absolute atomic E-state index is 0.0727. The van der Waals surface area contributed by atoms with Crippen LogP contribution in [0.2, 0.25) is 0 Å². The molecule has 3 aromatic rings. The van der Waals surface area contributed by atoms with Crippen molar-refractivity contribution in [3.63, 3.8) is 0 Å². The molecule has 3 fully saturated rings.